The number of nitrogens with one attached hydrogen (secondary N) is 2. The maximum atomic E-state index is 12.7. The number of hydrogen-bond donors (Lipinski definition) is 2. The van der Waals surface area contributed by atoms with E-state index in [0.29, 0.717) is 18.8 Å². The average Bonchev–Trinajstić information content (AvgIpc) is 3.23. The van der Waals surface area contributed by atoms with Gasteiger partial charge in [-0.25, -0.2) is 4.79 Å². The largest absolute Gasteiger partial charge is 0.467 e. The molecule has 1 spiro atoms. The summed E-state index contributed by atoms with van der Waals surface area (Å²) in [7, 11) is 1.42. The molecule has 5 nitrogen and oxygen atoms in total. The lowest BCUT2D eigenvalue weighted by Crippen LogP contribution is -2.57. The fourth-order valence-corrected chi connectivity index (χ4v) is 4.35. The second-order valence-electron chi connectivity index (χ2n) is 7.61. The number of piperidine rings is 1. The Morgan fingerprint density at radius 1 is 1.14 bits per heavy atom. The zero-order valence-corrected chi connectivity index (χ0v) is 13.7. The first-order valence-corrected chi connectivity index (χ1v) is 8.62. The smallest absolute Gasteiger partial charge is 0.331 e. The summed E-state index contributed by atoms with van der Waals surface area (Å²) in [5, 5.41) is 6.46. The van der Waals surface area contributed by atoms with Crippen molar-refractivity contribution in [2.75, 3.05) is 20.2 Å². The minimum atomic E-state index is -0.783. The topological polar surface area (TPSA) is 67.4 Å². The van der Waals surface area contributed by atoms with Crippen molar-refractivity contribution < 1.29 is 14.3 Å². The Bertz CT molecular complexity index is 449. The zero-order chi connectivity index (χ0) is 15.8. The third-order valence-corrected chi connectivity index (χ3v) is 6.17. The summed E-state index contributed by atoms with van der Waals surface area (Å²) in [6.07, 6.45) is 6.47. The second kappa shape index (κ2) is 5.84. The van der Waals surface area contributed by atoms with Gasteiger partial charge in [0.25, 0.3) is 0 Å². The summed E-state index contributed by atoms with van der Waals surface area (Å²) >= 11 is 0. The lowest BCUT2D eigenvalue weighted by atomic mass is 9.77. The quantitative estimate of drug-likeness (QED) is 0.777. The molecule has 1 atom stereocenters. The van der Waals surface area contributed by atoms with Crippen LogP contribution >= 0.6 is 0 Å². The highest BCUT2D eigenvalue weighted by Crippen LogP contribution is 2.58. The van der Waals surface area contributed by atoms with E-state index in [2.05, 4.69) is 17.6 Å². The molecular formula is C17H28N2O3. The number of hydrogen-bond acceptors (Lipinski definition) is 4. The minimum Gasteiger partial charge on any atom is -0.467 e. The normalized spacial score (nSPS) is 36.6. The Morgan fingerprint density at radius 3 is 2.36 bits per heavy atom. The van der Waals surface area contributed by atoms with Crippen LogP contribution in [0.25, 0.3) is 0 Å². The first kappa shape index (κ1) is 15.8. The van der Waals surface area contributed by atoms with Gasteiger partial charge in [-0.2, -0.15) is 0 Å². The van der Waals surface area contributed by atoms with Gasteiger partial charge in [0, 0.05) is 5.92 Å². The summed E-state index contributed by atoms with van der Waals surface area (Å²) in [5.74, 6) is 0.511. The molecule has 5 heteroatoms. The van der Waals surface area contributed by atoms with Gasteiger partial charge in [-0.05, 0) is 69.4 Å². The van der Waals surface area contributed by atoms with E-state index in [0.717, 1.165) is 45.2 Å². The van der Waals surface area contributed by atoms with Crippen molar-refractivity contribution in [2.45, 2.75) is 57.4 Å². The van der Waals surface area contributed by atoms with Crippen LogP contribution < -0.4 is 10.6 Å². The van der Waals surface area contributed by atoms with Crippen LogP contribution in [0.2, 0.25) is 0 Å². The molecule has 1 heterocycles. The van der Waals surface area contributed by atoms with Gasteiger partial charge in [-0.3, -0.25) is 4.79 Å². The molecule has 0 radical (unpaired) electrons. The molecule has 1 aliphatic heterocycles. The predicted octanol–water partition coefficient (Wildman–Crippen LogP) is 1.61. The molecule has 0 aromatic rings. The Kier molecular flexibility index (Phi) is 4.19. The highest BCUT2D eigenvalue weighted by atomic mass is 16.5. The van der Waals surface area contributed by atoms with E-state index in [1.165, 1.54) is 7.11 Å². The number of methoxy groups -OCH3 is 1. The van der Waals surface area contributed by atoms with E-state index in [1.807, 2.05) is 0 Å². The van der Waals surface area contributed by atoms with Crippen molar-refractivity contribution in [1.29, 1.82) is 0 Å². The minimum absolute atomic E-state index is 0.0712. The molecule has 1 unspecified atom stereocenters. The van der Waals surface area contributed by atoms with Gasteiger partial charge in [-0.1, -0.05) is 6.92 Å². The molecule has 2 saturated carbocycles. The van der Waals surface area contributed by atoms with Crippen LogP contribution in [0.5, 0.6) is 0 Å². The van der Waals surface area contributed by atoms with E-state index < -0.39 is 5.54 Å². The van der Waals surface area contributed by atoms with Crippen molar-refractivity contribution in [1.82, 2.24) is 10.6 Å². The SMILES string of the molecule is COC(=O)C1(NC(=O)C2CC23CCNCC3)CCC(C)CC1. The predicted molar refractivity (Wildman–Crippen MR) is 83.2 cm³/mol. The Morgan fingerprint density at radius 2 is 1.77 bits per heavy atom. The first-order chi connectivity index (χ1) is 10.5. The van der Waals surface area contributed by atoms with Crippen molar-refractivity contribution in [3.8, 4) is 0 Å². The number of carbonyl (C=O) groups excluding carboxylic acids is 2. The van der Waals surface area contributed by atoms with Crippen LogP contribution in [0.1, 0.15) is 51.9 Å². The van der Waals surface area contributed by atoms with Gasteiger partial charge in [0.05, 0.1) is 7.11 Å². The summed E-state index contributed by atoms with van der Waals surface area (Å²) in [4.78, 5) is 25.0. The van der Waals surface area contributed by atoms with Gasteiger partial charge < -0.3 is 15.4 Å². The number of carbonyl (C=O) groups is 2. The molecule has 2 aliphatic carbocycles. The van der Waals surface area contributed by atoms with E-state index in [4.69, 9.17) is 4.74 Å². The van der Waals surface area contributed by atoms with Gasteiger partial charge in [0.1, 0.15) is 5.54 Å². The fourth-order valence-electron chi connectivity index (χ4n) is 4.35. The summed E-state index contributed by atoms with van der Waals surface area (Å²) in [6, 6.07) is 0. The van der Waals surface area contributed by atoms with Crippen LogP contribution in [0.15, 0.2) is 0 Å². The molecule has 0 aromatic heterocycles. The summed E-state index contributed by atoms with van der Waals surface area (Å²) in [6.45, 7) is 4.21. The monoisotopic (exact) mass is 308 g/mol. The Hall–Kier alpha value is -1.10. The van der Waals surface area contributed by atoms with Gasteiger partial charge >= 0.3 is 5.97 Å². The zero-order valence-electron chi connectivity index (χ0n) is 13.7. The number of rotatable bonds is 3. The van der Waals surface area contributed by atoms with Crippen LogP contribution in [0, 0.1) is 17.3 Å². The van der Waals surface area contributed by atoms with E-state index >= 15 is 0 Å². The van der Waals surface area contributed by atoms with Crippen molar-refractivity contribution in [2.24, 2.45) is 17.3 Å². The third kappa shape index (κ3) is 2.75. The highest BCUT2D eigenvalue weighted by Gasteiger charge is 2.59. The molecule has 0 bridgehead atoms. The van der Waals surface area contributed by atoms with Crippen molar-refractivity contribution >= 4 is 11.9 Å². The second-order valence-corrected chi connectivity index (χ2v) is 7.61. The highest BCUT2D eigenvalue weighted by molar-refractivity contribution is 5.90. The van der Waals surface area contributed by atoms with Gasteiger partial charge in [0.2, 0.25) is 5.91 Å². The number of amides is 1. The van der Waals surface area contributed by atoms with E-state index in [1.54, 1.807) is 0 Å². The lowest BCUT2D eigenvalue weighted by Gasteiger charge is -2.37. The molecular weight excluding hydrogens is 280 g/mol. The van der Waals surface area contributed by atoms with Crippen molar-refractivity contribution in [3.05, 3.63) is 0 Å². The average molecular weight is 308 g/mol. The molecule has 124 valence electrons. The fraction of sp³-hybridized carbons (Fsp3) is 0.882. The first-order valence-electron chi connectivity index (χ1n) is 8.62. The number of esters is 1. The summed E-state index contributed by atoms with van der Waals surface area (Å²) < 4.78 is 5.00. The molecule has 22 heavy (non-hydrogen) atoms. The maximum Gasteiger partial charge on any atom is 0.331 e. The van der Waals surface area contributed by atoms with Crippen LogP contribution in [-0.4, -0.2) is 37.6 Å². The lowest BCUT2D eigenvalue weighted by molar-refractivity contribution is -0.153. The van der Waals surface area contributed by atoms with E-state index in [9.17, 15) is 9.59 Å². The van der Waals surface area contributed by atoms with Gasteiger partial charge in [0.15, 0.2) is 0 Å². The molecule has 1 saturated heterocycles. The summed E-state index contributed by atoms with van der Waals surface area (Å²) in [5.41, 5.74) is -0.580. The molecule has 0 aromatic carbocycles. The molecule has 3 aliphatic rings. The van der Waals surface area contributed by atoms with Crippen LogP contribution in [0.4, 0.5) is 0 Å². The molecule has 3 fully saturated rings. The van der Waals surface area contributed by atoms with Crippen LogP contribution in [0.3, 0.4) is 0 Å². The standard InChI is InChI=1S/C17H28N2O3/c1-12-3-5-17(6-4-12,15(21)22-2)19-14(20)13-11-16(13)7-9-18-10-8-16/h12-13,18H,3-11H2,1-2H3,(H,19,20). The maximum absolute atomic E-state index is 12.7. The van der Waals surface area contributed by atoms with Crippen LogP contribution in [-0.2, 0) is 14.3 Å². The Labute approximate surface area is 132 Å². The molecule has 1 amide bonds. The van der Waals surface area contributed by atoms with Crippen molar-refractivity contribution in [3.63, 3.8) is 0 Å². The third-order valence-electron chi connectivity index (χ3n) is 6.17. The number of ether oxygens (including phenoxy) is 1. The van der Waals surface area contributed by atoms with E-state index in [-0.39, 0.29) is 23.2 Å². The van der Waals surface area contributed by atoms with Gasteiger partial charge in [-0.15, -0.1) is 0 Å². The Balaban J connectivity index is 1.66. The molecule has 3 rings (SSSR count). The molecule has 2 N–H and O–H groups in total.